The molecule has 0 spiro atoms. The maximum atomic E-state index is 4.60. The highest BCUT2D eigenvalue weighted by Gasteiger charge is 2.27. The molecule has 1 aliphatic heterocycles. The molecule has 0 saturated carbocycles. The third-order valence-corrected chi connectivity index (χ3v) is 3.92. The molecule has 0 radical (unpaired) electrons. The number of nitrogens with zero attached hydrogens (tertiary/aromatic N) is 3. The van der Waals surface area contributed by atoms with Crippen molar-refractivity contribution in [3.63, 3.8) is 0 Å². The molecule has 0 N–H and O–H groups in total. The number of likely N-dealkylation sites (tertiary alicyclic amines) is 1. The Morgan fingerprint density at radius 2 is 2.16 bits per heavy atom. The topological polar surface area (TPSA) is 19.4 Å². The molecule has 3 nitrogen and oxygen atoms in total. The van der Waals surface area contributed by atoms with E-state index in [-0.39, 0.29) is 0 Å². The summed E-state index contributed by atoms with van der Waals surface area (Å²) in [5.41, 5.74) is 2.79. The zero-order valence-electron chi connectivity index (χ0n) is 13.0. The minimum Gasteiger partial charge on any atom is -0.363 e. The second kappa shape index (κ2) is 5.91. The molecule has 0 amide bonds. The largest absolute Gasteiger partial charge is 0.363 e. The van der Waals surface area contributed by atoms with Gasteiger partial charge in [0.1, 0.15) is 5.82 Å². The standard InChI is InChI=1S/C16H27N3/c1-12(2)11-19-8-6-7-15(19)14-10-17-16(18(4)5)9-13(14)3/h9-10,12,15H,6-8,11H2,1-5H3. The Bertz CT molecular complexity index is 426. The van der Waals surface area contributed by atoms with Gasteiger partial charge in [0.15, 0.2) is 0 Å². The molecule has 1 saturated heterocycles. The number of aryl methyl sites for hydroxylation is 1. The molecule has 1 unspecified atom stereocenters. The van der Waals surface area contributed by atoms with E-state index >= 15 is 0 Å². The first kappa shape index (κ1) is 14.3. The second-order valence-electron chi connectivity index (χ2n) is 6.34. The van der Waals surface area contributed by atoms with E-state index in [1.165, 1.54) is 37.1 Å². The lowest BCUT2D eigenvalue weighted by atomic mass is 10.0. The number of rotatable bonds is 4. The third kappa shape index (κ3) is 3.27. The maximum absolute atomic E-state index is 4.60. The van der Waals surface area contributed by atoms with Gasteiger partial charge in [-0.2, -0.15) is 0 Å². The van der Waals surface area contributed by atoms with Crippen LogP contribution in [-0.2, 0) is 0 Å². The maximum Gasteiger partial charge on any atom is 0.128 e. The summed E-state index contributed by atoms with van der Waals surface area (Å²) < 4.78 is 0. The first-order chi connectivity index (χ1) is 8.99. The minimum atomic E-state index is 0.575. The summed E-state index contributed by atoms with van der Waals surface area (Å²) in [6.45, 7) is 9.25. The molecule has 19 heavy (non-hydrogen) atoms. The summed E-state index contributed by atoms with van der Waals surface area (Å²) in [4.78, 5) is 9.29. The van der Waals surface area contributed by atoms with Crippen LogP contribution in [0.25, 0.3) is 0 Å². The van der Waals surface area contributed by atoms with E-state index in [1.54, 1.807) is 0 Å². The Hall–Kier alpha value is -1.09. The predicted molar refractivity (Wildman–Crippen MR) is 81.7 cm³/mol. The molecule has 106 valence electrons. The molecule has 1 fully saturated rings. The van der Waals surface area contributed by atoms with Crippen molar-refractivity contribution in [1.82, 2.24) is 9.88 Å². The zero-order valence-corrected chi connectivity index (χ0v) is 13.0. The van der Waals surface area contributed by atoms with Crippen molar-refractivity contribution >= 4 is 5.82 Å². The first-order valence-electron chi connectivity index (χ1n) is 7.37. The fourth-order valence-corrected chi connectivity index (χ4v) is 3.01. The normalized spacial score (nSPS) is 20.2. The summed E-state index contributed by atoms with van der Waals surface area (Å²) in [7, 11) is 4.09. The van der Waals surface area contributed by atoms with Gasteiger partial charge in [-0.3, -0.25) is 4.90 Å². The van der Waals surface area contributed by atoms with Crippen molar-refractivity contribution in [3.8, 4) is 0 Å². The molecule has 0 aliphatic carbocycles. The molecule has 1 aromatic rings. The summed E-state index contributed by atoms with van der Waals surface area (Å²) >= 11 is 0. The van der Waals surface area contributed by atoms with Gasteiger partial charge in [0.25, 0.3) is 0 Å². The van der Waals surface area contributed by atoms with Crippen LogP contribution in [0.1, 0.15) is 43.9 Å². The van der Waals surface area contributed by atoms with Crippen LogP contribution in [0, 0.1) is 12.8 Å². The molecule has 0 aromatic carbocycles. The van der Waals surface area contributed by atoms with Gasteiger partial charge < -0.3 is 4.90 Å². The van der Waals surface area contributed by atoms with Gasteiger partial charge >= 0.3 is 0 Å². The molecule has 0 bridgehead atoms. The molecule has 1 aliphatic rings. The first-order valence-corrected chi connectivity index (χ1v) is 7.37. The smallest absolute Gasteiger partial charge is 0.128 e. The fraction of sp³-hybridized carbons (Fsp3) is 0.688. The van der Waals surface area contributed by atoms with Crippen LogP contribution in [-0.4, -0.2) is 37.1 Å². The van der Waals surface area contributed by atoms with E-state index in [4.69, 9.17) is 0 Å². The fourth-order valence-electron chi connectivity index (χ4n) is 3.01. The summed E-state index contributed by atoms with van der Waals surface area (Å²) in [5.74, 6) is 1.78. The SMILES string of the molecule is Cc1cc(N(C)C)ncc1C1CCCN1CC(C)C. The van der Waals surface area contributed by atoms with E-state index in [0.29, 0.717) is 6.04 Å². The Kier molecular flexibility index (Phi) is 4.46. The van der Waals surface area contributed by atoms with Crippen LogP contribution < -0.4 is 4.90 Å². The van der Waals surface area contributed by atoms with Gasteiger partial charge in [-0.1, -0.05) is 13.8 Å². The van der Waals surface area contributed by atoms with E-state index in [1.807, 2.05) is 14.1 Å². The van der Waals surface area contributed by atoms with E-state index < -0.39 is 0 Å². The van der Waals surface area contributed by atoms with Gasteiger partial charge in [0.05, 0.1) is 0 Å². The summed E-state index contributed by atoms with van der Waals surface area (Å²) in [5, 5.41) is 0. The van der Waals surface area contributed by atoms with Crippen molar-refractivity contribution in [1.29, 1.82) is 0 Å². The van der Waals surface area contributed by atoms with Crippen LogP contribution in [0.5, 0.6) is 0 Å². The molecular weight excluding hydrogens is 234 g/mol. The van der Waals surface area contributed by atoms with Crippen LogP contribution in [0.3, 0.4) is 0 Å². The molecule has 1 atom stereocenters. The van der Waals surface area contributed by atoms with Crippen LogP contribution in [0.4, 0.5) is 5.82 Å². The monoisotopic (exact) mass is 261 g/mol. The van der Waals surface area contributed by atoms with Crippen molar-refractivity contribution in [2.45, 2.75) is 39.7 Å². The highest BCUT2D eigenvalue weighted by Crippen LogP contribution is 2.34. The van der Waals surface area contributed by atoms with Crippen LogP contribution >= 0.6 is 0 Å². The number of hydrogen-bond donors (Lipinski definition) is 0. The molecular formula is C16H27N3. The van der Waals surface area contributed by atoms with Crippen molar-refractivity contribution in [2.75, 3.05) is 32.1 Å². The van der Waals surface area contributed by atoms with E-state index in [2.05, 4.69) is 47.8 Å². The Labute approximate surface area is 117 Å². The summed E-state index contributed by atoms with van der Waals surface area (Å²) in [6.07, 6.45) is 4.68. The van der Waals surface area contributed by atoms with E-state index in [9.17, 15) is 0 Å². The van der Waals surface area contributed by atoms with Crippen molar-refractivity contribution in [3.05, 3.63) is 23.4 Å². The number of aromatic nitrogens is 1. The highest BCUT2D eigenvalue weighted by molar-refractivity contribution is 5.43. The Morgan fingerprint density at radius 3 is 2.74 bits per heavy atom. The van der Waals surface area contributed by atoms with Gasteiger partial charge in [-0.25, -0.2) is 4.98 Å². The predicted octanol–water partition coefficient (Wildman–Crippen LogP) is 3.25. The minimum absolute atomic E-state index is 0.575. The third-order valence-electron chi connectivity index (χ3n) is 3.92. The lowest BCUT2D eigenvalue weighted by Crippen LogP contribution is -2.28. The quantitative estimate of drug-likeness (QED) is 0.829. The lowest BCUT2D eigenvalue weighted by Gasteiger charge is -2.27. The average Bonchev–Trinajstić information content (AvgIpc) is 2.75. The zero-order chi connectivity index (χ0) is 14.0. The number of pyridine rings is 1. The molecule has 3 heteroatoms. The van der Waals surface area contributed by atoms with Gasteiger partial charge in [0.2, 0.25) is 0 Å². The van der Waals surface area contributed by atoms with Crippen molar-refractivity contribution in [2.24, 2.45) is 5.92 Å². The second-order valence-corrected chi connectivity index (χ2v) is 6.34. The molecule has 1 aromatic heterocycles. The molecule has 2 rings (SSSR count). The average molecular weight is 261 g/mol. The Balaban J connectivity index is 2.21. The number of hydrogen-bond acceptors (Lipinski definition) is 3. The summed E-state index contributed by atoms with van der Waals surface area (Å²) in [6, 6.07) is 2.78. The number of anilines is 1. The molecule has 2 heterocycles. The lowest BCUT2D eigenvalue weighted by molar-refractivity contribution is 0.228. The van der Waals surface area contributed by atoms with Gasteiger partial charge in [-0.05, 0) is 49.4 Å². The van der Waals surface area contributed by atoms with Gasteiger partial charge in [-0.15, -0.1) is 0 Å². The highest BCUT2D eigenvalue weighted by atomic mass is 15.2. The van der Waals surface area contributed by atoms with Crippen LogP contribution in [0.2, 0.25) is 0 Å². The van der Waals surface area contributed by atoms with E-state index in [0.717, 1.165) is 11.7 Å². The van der Waals surface area contributed by atoms with Crippen molar-refractivity contribution < 1.29 is 0 Å². The Morgan fingerprint density at radius 1 is 1.42 bits per heavy atom. The van der Waals surface area contributed by atoms with Gasteiger partial charge in [0, 0.05) is 32.9 Å². The van der Waals surface area contributed by atoms with Crippen LogP contribution in [0.15, 0.2) is 12.3 Å².